The topological polar surface area (TPSA) is 83.3 Å². The van der Waals surface area contributed by atoms with Crippen molar-refractivity contribution in [1.82, 2.24) is 14.2 Å². The molecular formula is C16H14ClN3O4S. The Labute approximate surface area is 149 Å². The molecule has 0 saturated carbocycles. The van der Waals surface area contributed by atoms with Gasteiger partial charge in [0, 0.05) is 10.6 Å². The van der Waals surface area contributed by atoms with Crippen LogP contribution in [0.5, 0.6) is 11.8 Å². The number of methoxy groups -OCH3 is 2. The third kappa shape index (κ3) is 3.31. The average Bonchev–Trinajstić information content (AvgIpc) is 3.08. The van der Waals surface area contributed by atoms with Gasteiger partial charge in [0.15, 0.2) is 5.82 Å². The van der Waals surface area contributed by atoms with E-state index in [1.54, 1.807) is 36.4 Å². The largest absolute Gasteiger partial charge is 0.497 e. The highest BCUT2D eigenvalue weighted by atomic mass is 35.5. The first-order valence-electron chi connectivity index (χ1n) is 7.12. The van der Waals surface area contributed by atoms with Crippen LogP contribution in [0.4, 0.5) is 0 Å². The molecule has 0 atom stereocenters. The van der Waals surface area contributed by atoms with E-state index in [2.05, 4.69) is 10.1 Å². The van der Waals surface area contributed by atoms with Crippen LogP contribution in [0.1, 0.15) is 0 Å². The van der Waals surface area contributed by atoms with Crippen molar-refractivity contribution in [3.63, 3.8) is 0 Å². The predicted molar refractivity (Wildman–Crippen MR) is 92.6 cm³/mol. The average molecular weight is 380 g/mol. The van der Waals surface area contributed by atoms with E-state index in [9.17, 15) is 8.42 Å². The molecule has 0 unspecified atom stereocenters. The van der Waals surface area contributed by atoms with Crippen LogP contribution in [-0.4, -0.2) is 36.8 Å². The van der Waals surface area contributed by atoms with E-state index in [1.165, 1.54) is 26.4 Å². The second-order valence-electron chi connectivity index (χ2n) is 4.95. The highest BCUT2D eigenvalue weighted by Crippen LogP contribution is 2.26. The summed E-state index contributed by atoms with van der Waals surface area (Å²) >= 11 is 5.89. The van der Waals surface area contributed by atoms with E-state index in [1.807, 2.05) is 0 Å². The van der Waals surface area contributed by atoms with Gasteiger partial charge in [-0.3, -0.25) is 0 Å². The second kappa shape index (κ2) is 6.73. The quantitative estimate of drug-likeness (QED) is 0.677. The van der Waals surface area contributed by atoms with Crippen molar-refractivity contribution < 1.29 is 17.9 Å². The summed E-state index contributed by atoms with van der Waals surface area (Å²) in [5.74, 6) is 0.678. The smallest absolute Gasteiger partial charge is 0.336 e. The predicted octanol–water partition coefficient (Wildman–Crippen LogP) is 2.85. The summed E-state index contributed by atoms with van der Waals surface area (Å²) in [5, 5.41) is 4.48. The molecule has 9 heteroatoms. The van der Waals surface area contributed by atoms with E-state index in [0.29, 0.717) is 16.3 Å². The molecule has 1 aromatic heterocycles. The molecule has 0 amide bonds. The first-order chi connectivity index (χ1) is 12.0. The summed E-state index contributed by atoms with van der Waals surface area (Å²) in [6.07, 6.45) is 0. The number of benzene rings is 2. The van der Waals surface area contributed by atoms with Crippen LogP contribution in [0.15, 0.2) is 53.4 Å². The van der Waals surface area contributed by atoms with Gasteiger partial charge in [-0.2, -0.15) is 13.4 Å². The van der Waals surface area contributed by atoms with Gasteiger partial charge >= 0.3 is 6.01 Å². The lowest BCUT2D eigenvalue weighted by molar-refractivity contribution is 0.380. The second-order valence-corrected chi connectivity index (χ2v) is 7.16. The number of aromatic nitrogens is 3. The minimum atomic E-state index is -3.97. The van der Waals surface area contributed by atoms with E-state index in [0.717, 1.165) is 4.09 Å². The van der Waals surface area contributed by atoms with Crippen LogP contribution < -0.4 is 9.47 Å². The minimum absolute atomic E-state index is 0.0519. The Morgan fingerprint density at radius 2 is 1.60 bits per heavy atom. The Morgan fingerprint density at radius 1 is 0.960 bits per heavy atom. The van der Waals surface area contributed by atoms with Crippen LogP contribution in [0.3, 0.4) is 0 Å². The molecule has 3 aromatic rings. The fourth-order valence-corrected chi connectivity index (χ4v) is 3.51. The fraction of sp³-hybridized carbons (Fsp3) is 0.125. The molecule has 0 radical (unpaired) electrons. The molecule has 0 spiro atoms. The minimum Gasteiger partial charge on any atom is -0.497 e. The Bertz CT molecular complexity index is 983. The standard InChI is InChI=1S/C16H14ClN3O4S/c1-23-13-7-9-14(10-8-13)25(21,22)20-15(18-16(19-20)24-2)11-3-5-12(17)6-4-11/h3-10H,1-2H3. The molecule has 2 aromatic carbocycles. The van der Waals surface area contributed by atoms with Crippen LogP contribution >= 0.6 is 11.6 Å². The van der Waals surface area contributed by atoms with Gasteiger partial charge < -0.3 is 9.47 Å². The van der Waals surface area contributed by atoms with E-state index < -0.39 is 10.0 Å². The lowest BCUT2D eigenvalue weighted by Gasteiger charge is -2.08. The maximum atomic E-state index is 13.0. The van der Waals surface area contributed by atoms with Crippen molar-refractivity contribution in [2.75, 3.05) is 14.2 Å². The molecule has 0 aliphatic carbocycles. The van der Waals surface area contributed by atoms with Gasteiger partial charge in [0.05, 0.1) is 19.1 Å². The molecule has 0 aliphatic heterocycles. The lowest BCUT2D eigenvalue weighted by Crippen LogP contribution is -2.16. The summed E-state index contributed by atoms with van der Waals surface area (Å²) in [6, 6.07) is 12.5. The molecule has 0 aliphatic rings. The summed E-state index contributed by atoms with van der Waals surface area (Å²) in [5.41, 5.74) is 0.539. The first-order valence-corrected chi connectivity index (χ1v) is 8.94. The van der Waals surface area contributed by atoms with Gasteiger partial charge in [-0.05, 0) is 48.5 Å². The van der Waals surface area contributed by atoms with Crippen molar-refractivity contribution in [3.05, 3.63) is 53.6 Å². The third-order valence-electron chi connectivity index (χ3n) is 3.43. The number of rotatable bonds is 5. The molecule has 1 heterocycles. The van der Waals surface area contributed by atoms with Crippen molar-refractivity contribution in [1.29, 1.82) is 0 Å². The molecule has 0 saturated heterocycles. The van der Waals surface area contributed by atoms with Crippen LogP contribution in [-0.2, 0) is 10.0 Å². The zero-order chi connectivity index (χ0) is 18.0. The molecule has 0 N–H and O–H groups in total. The number of ether oxygens (including phenoxy) is 2. The van der Waals surface area contributed by atoms with Crippen molar-refractivity contribution in [2.45, 2.75) is 4.90 Å². The molecule has 25 heavy (non-hydrogen) atoms. The Morgan fingerprint density at radius 3 is 2.16 bits per heavy atom. The SMILES string of the molecule is COc1ccc(S(=O)(=O)n2nc(OC)nc2-c2ccc(Cl)cc2)cc1. The van der Waals surface area contributed by atoms with Gasteiger partial charge in [-0.25, -0.2) is 0 Å². The first kappa shape index (κ1) is 17.2. The summed E-state index contributed by atoms with van der Waals surface area (Å²) in [4.78, 5) is 4.19. The van der Waals surface area contributed by atoms with Gasteiger partial charge in [-0.15, -0.1) is 4.09 Å². The van der Waals surface area contributed by atoms with Crippen LogP contribution in [0.25, 0.3) is 11.4 Å². The Balaban J connectivity index is 2.14. The molecule has 0 fully saturated rings. The van der Waals surface area contributed by atoms with Crippen molar-refractivity contribution in [3.8, 4) is 23.1 Å². The maximum absolute atomic E-state index is 13.0. The Hall–Kier alpha value is -2.58. The fourth-order valence-electron chi connectivity index (χ4n) is 2.16. The number of hydrogen-bond acceptors (Lipinski definition) is 6. The highest BCUT2D eigenvalue weighted by Gasteiger charge is 2.25. The summed E-state index contributed by atoms with van der Waals surface area (Å²) in [7, 11) is -1.10. The van der Waals surface area contributed by atoms with Crippen LogP contribution in [0.2, 0.25) is 5.02 Å². The van der Waals surface area contributed by atoms with Crippen molar-refractivity contribution >= 4 is 21.6 Å². The Kier molecular flexibility index (Phi) is 4.65. The van der Waals surface area contributed by atoms with Crippen molar-refractivity contribution in [2.24, 2.45) is 0 Å². The molecule has 7 nitrogen and oxygen atoms in total. The van der Waals surface area contributed by atoms with Crippen LogP contribution in [0, 0.1) is 0 Å². The highest BCUT2D eigenvalue weighted by molar-refractivity contribution is 7.90. The molecule has 130 valence electrons. The molecule has 0 bridgehead atoms. The zero-order valence-electron chi connectivity index (χ0n) is 13.4. The van der Waals surface area contributed by atoms with E-state index >= 15 is 0 Å². The number of nitrogens with zero attached hydrogens (tertiary/aromatic N) is 3. The normalized spacial score (nSPS) is 11.3. The van der Waals surface area contributed by atoms with Gasteiger partial charge in [0.2, 0.25) is 0 Å². The monoisotopic (exact) mass is 379 g/mol. The number of halogens is 1. The molecule has 3 rings (SSSR count). The zero-order valence-corrected chi connectivity index (χ0v) is 15.0. The summed E-state index contributed by atoms with van der Waals surface area (Å²) in [6.45, 7) is 0. The van der Waals surface area contributed by atoms with Gasteiger partial charge in [-0.1, -0.05) is 16.7 Å². The van der Waals surface area contributed by atoms with Gasteiger partial charge in [0.25, 0.3) is 10.0 Å². The van der Waals surface area contributed by atoms with E-state index in [4.69, 9.17) is 21.1 Å². The third-order valence-corrected chi connectivity index (χ3v) is 5.26. The number of hydrogen-bond donors (Lipinski definition) is 0. The van der Waals surface area contributed by atoms with Gasteiger partial charge in [0.1, 0.15) is 5.75 Å². The maximum Gasteiger partial charge on any atom is 0.336 e. The summed E-state index contributed by atoms with van der Waals surface area (Å²) < 4.78 is 36.8. The lowest BCUT2D eigenvalue weighted by atomic mass is 10.2. The van der Waals surface area contributed by atoms with E-state index in [-0.39, 0.29) is 16.7 Å². The molecular weight excluding hydrogens is 366 g/mol.